The maximum absolute atomic E-state index is 10.4. The highest BCUT2D eigenvalue weighted by molar-refractivity contribution is 5.86. The van der Waals surface area contributed by atoms with E-state index < -0.39 is 0 Å². The molecular formula is C22H22N4O. The Bertz CT molecular complexity index is 1030. The first-order valence-corrected chi connectivity index (χ1v) is 9.26. The van der Waals surface area contributed by atoms with E-state index in [0.717, 1.165) is 29.6 Å². The summed E-state index contributed by atoms with van der Waals surface area (Å²) in [5, 5.41) is 29.4. The number of hydrogen-bond acceptors (Lipinski definition) is 5. The second kappa shape index (κ2) is 6.98. The highest BCUT2D eigenvalue weighted by Gasteiger charge is 2.22. The molecule has 1 aliphatic rings. The molecule has 1 aliphatic heterocycles. The van der Waals surface area contributed by atoms with E-state index in [9.17, 15) is 5.11 Å². The molecule has 1 saturated heterocycles. The number of benzene rings is 2. The predicted molar refractivity (Wildman–Crippen MR) is 106 cm³/mol. The van der Waals surface area contributed by atoms with Gasteiger partial charge in [0, 0.05) is 17.5 Å². The number of nitriles is 1. The highest BCUT2D eigenvalue weighted by Crippen LogP contribution is 2.35. The highest BCUT2D eigenvalue weighted by atomic mass is 16.3. The zero-order valence-electron chi connectivity index (χ0n) is 15.6. The lowest BCUT2D eigenvalue weighted by Crippen LogP contribution is -2.30. The number of likely N-dealkylation sites (N-methyl/N-ethyl adjacent to an activating group) is 1. The van der Waals surface area contributed by atoms with Gasteiger partial charge in [-0.15, -0.1) is 10.2 Å². The minimum atomic E-state index is 0.0604. The van der Waals surface area contributed by atoms with Crippen LogP contribution in [0.3, 0.4) is 0 Å². The summed E-state index contributed by atoms with van der Waals surface area (Å²) in [6, 6.07) is 13.5. The largest absolute Gasteiger partial charge is 0.507 e. The molecule has 3 aromatic rings. The third kappa shape index (κ3) is 3.24. The fourth-order valence-electron chi connectivity index (χ4n) is 4.13. The van der Waals surface area contributed by atoms with Crippen LogP contribution in [0.25, 0.3) is 22.2 Å². The van der Waals surface area contributed by atoms with Crippen LogP contribution < -0.4 is 0 Å². The second-order valence-corrected chi connectivity index (χ2v) is 7.42. The van der Waals surface area contributed by atoms with E-state index in [1.165, 1.54) is 24.5 Å². The van der Waals surface area contributed by atoms with Crippen molar-refractivity contribution >= 4 is 10.9 Å². The smallest absolute Gasteiger partial charge is 0.126 e. The van der Waals surface area contributed by atoms with Gasteiger partial charge in [-0.25, -0.2) is 0 Å². The molecule has 1 N–H and O–H groups in total. The molecule has 0 spiro atoms. The molecule has 5 nitrogen and oxygen atoms in total. The summed E-state index contributed by atoms with van der Waals surface area (Å²) >= 11 is 0. The van der Waals surface area contributed by atoms with Gasteiger partial charge < -0.3 is 10.0 Å². The number of hydrogen-bond donors (Lipinski definition) is 1. The van der Waals surface area contributed by atoms with Gasteiger partial charge in [-0.05, 0) is 68.6 Å². The average molecular weight is 358 g/mol. The molecule has 1 fully saturated rings. The third-order valence-electron chi connectivity index (χ3n) is 5.41. The van der Waals surface area contributed by atoms with Crippen molar-refractivity contribution in [3.05, 3.63) is 53.1 Å². The lowest BCUT2D eigenvalue weighted by molar-refractivity contribution is 0.251. The molecule has 2 aromatic carbocycles. The van der Waals surface area contributed by atoms with Gasteiger partial charge >= 0.3 is 0 Å². The van der Waals surface area contributed by atoms with Crippen LogP contribution in [0, 0.1) is 18.3 Å². The molecule has 0 saturated carbocycles. The lowest BCUT2D eigenvalue weighted by atomic mass is 9.89. The number of rotatable bonds is 2. The molecule has 1 aromatic heterocycles. The van der Waals surface area contributed by atoms with Crippen LogP contribution in [0.2, 0.25) is 0 Å². The van der Waals surface area contributed by atoms with Crippen molar-refractivity contribution in [2.45, 2.75) is 25.7 Å². The van der Waals surface area contributed by atoms with Crippen LogP contribution in [0.15, 0.2) is 36.4 Å². The molecule has 1 atom stereocenters. The van der Waals surface area contributed by atoms with E-state index in [1.54, 1.807) is 6.07 Å². The Balaban J connectivity index is 1.80. The van der Waals surface area contributed by atoms with E-state index in [0.29, 0.717) is 22.7 Å². The SMILES string of the molecule is Cc1cc(C#N)cc(O)c1-c1cc2cccc(C3CCCN(C)C3)c2nn1. The average Bonchev–Trinajstić information content (AvgIpc) is 2.66. The number of aromatic nitrogens is 2. The van der Waals surface area contributed by atoms with Crippen LogP contribution in [0.4, 0.5) is 0 Å². The zero-order chi connectivity index (χ0) is 19.0. The van der Waals surface area contributed by atoms with Gasteiger partial charge in [0.25, 0.3) is 0 Å². The first-order valence-electron chi connectivity index (χ1n) is 9.26. The molecule has 0 aliphatic carbocycles. The molecule has 1 unspecified atom stereocenters. The minimum Gasteiger partial charge on any atom is -0.507 e. The Kier molecular flexibility index (Phi) is 4.51. The number of phenols is 1. The van der Waals surface area contributed by atoms with Crippen molar-refractivity contribution in [3.63, 3.8) is 0 Å². The number of nitrogens with zero attached hydrogens (tertiary/aromatic N) is 4. The number of fused-ring (bicyclic) bond motifs is 1. The summed E-state index contributed by atoms with van der Waals surface area (Å²) < 4.78 is 0. The maximum atomic E-state index is 10.4. The summed E-state index contributed by atoms with van der Waals surface area (Å²) in [6.07, 6.45) is 2.36. The normalized spacial score (nSPS) is 17.7. The van der Waals surface area contributed by atoms with E-state index in [1.807, 2.05) is 19.1 Å². The Morgan fingerprint density at radius 2 is 2.07 bits per heavy atom. The molecule has 2 heterocycles. The van der Waals surface area contributed by atoms with E-state index in [-0.39, 0.29) is 5.75 Å². The first kappa shape index (κ1) is 17.4. The Morgan fingerprint density at radius 3 is 2.81 bits per heavy atom. The number of aromatic hydroxyl groups is 1. The number of likely N-dealkylation sites (tertiary alicyclic amines) is 1. The Labute approximate surface area is 158 Å². The van der Waals surface area contributed by atoms with Gasteiger partial charge in [0.05, 0.1) is 22.8 Å². The van der Waals surface area contributed by atoms with Gasteiger partial charge in [-0.1, -0.05) is 18.2 Å². The first-order chi connectivity index (χ1) is 13.1. The van der Waals surface area contributed by atoms with Crippen LogP contribution in [-0.4, -0.2) is 40.3 Å². The van der Waals surface area contributed by atoms with Crippen molar-refractivity contribution in [1.82, 2.24) is 15.1 Å². The summed E-state index contributed by atoms with van der Waals surface area (Å²) in [6.45, 7) is 4.06. The molecule has 0 radical (unpaired) electrons. The zero-order valence-corrected chi connectivity index (χ0v) is 15.6. The molecule has 5 heteroatoms. The maximum Gasteiger partial charge on any atom is 0.126 e. The second-order valence-electron chi connectivity index (χ2n) is 7.42. The summed E-state index contributed by atoms with van der Waals surface area (Å²) in [5.41, 5.74) is 4.69. The molecule has 27 heavy (non-hydrogen) atoms. The quantitative estimate of drug-likeness (QED) is 0.750. The standard InChI is InChI=1S/C22H22N4O/c1-14-9-15(12-23)10-20(27)21(14)19-11-16-5-3-7-18(22(16)25-24-19)17-6-4-8-26(2)13-17/h3,5,7,9-11,17,27H,4,6,8,13H2,1-2H3. The molecular weight excluding hydrogens is 336 g/mol. The van der Waals surface area contributed by atoms with Crippen LogP contribution in [-0.2, 0) is 0 Å². The molecule has 0 amide bonds. The fourth-order valence-corrected chi connectivity index (χ4v) is 4.13. The van der Waals surface area contributed by atoms with Gasteiger partial charge in [0.2, 0.25) is 0 Å². The van der Waals surface area contributed by atoms with Crippen molar-refractivity contribution in [3.8, 4) is 23.1 Å². The number of piperidine rings is 1. The van der Waals surface area contributed by atoms with E-state index in [2.05, 4.69) is 40.3 Å². The summed E-state index contributed by atoms with van der Waals surface area (Å²) in [5.74, 6) is 0.530. The van der Waals surface area contributed by atoms with Crippen molar-refractivity contribution in [2.24, 2.45) is 0 Å². The van der Waals surface area contributed by atoms with E-state index in [4.69, 9.17) is 5.26 Å². The monoisotopic (exact) mass is 358 g/mol. The predicted octanol–water partition coefficient (Wildman–Crippen LogP) is 3.99. The minimum absolute atomic E-state index is 0.0604. The van der Waals surface area contributed by atoms with Gasteiger partial charge in [0.1, 0.15) is 5.75 Å². The number of phenolic OH excluding ortho intramolecular Hbond substituents is 1. The van der Waals surface area contributed by atoms with Crippen molar-refractivity contribution < 1.29 is 5.11 Å². The molecule has 0 bridgehead atoms. The Morgan fingerprint density at radius 1 is 1.22 bits per heavy atom. The molecule has 4 rings (SSSR count). The summed E-state index contributed by atoms with van der Waals surface area (Å²) in [4.78, 5) is 2.37. The summed E-state index contributed by atoms with van der Waals surface area (Å²) in [7, 11) is 2.16. The third-order valence-corrected chi connectivity index (χ3v) is 5.41. The lowest BCUT2D eigenvalue weighted by Gasteiger charge is -2.30. The van der Waals surface area contributed by atoms with Crippen molar-refractivity contribution in [2.75, 3.05) is 20.1 Å². The van der Waals surface area contributed by atoms with Gasteiger partial charge in [0.15, 0.2) is 0 Å². The number of aryl methyl sites for hydroxylation is 1. The topological polar surface area (TPSA) is 73.0 Å². The van der Waals surface area contributed by atoms with E-state index >= 15 is 0 Å². The van der Waals surface area contributed by atoms with Gasteiger partial charge in [-0.2, -0.15) is 5.26 Å². The van der Waals surface area contributed by atoms with Crippen molar-refractivity contribution in [1.29, 1.82) is 5.26 Å². The van der Waals surface area contributed by atoms with Crippen LogP contribution in [0.5, 0.6) is 5.75 Å². The molecule has 136 valence electrons. The Hall–Kier alpha value is -2.97. The fraction of sp³-hybridized carbons (Fsp3) is 0.318. The van der Waals surface area contributed by atoms with Crippen LogP contribution >= 0.6 is 0 Å². The van der Waals surface area contributed by atoms with Crippen LogP contribution in [0.1, 0.15) is 35.4 Å². The van der Waals surface area contributed by atoms with Gasteiger partial charge in [-0.3, -0.25) is 0 Å².